The van der Waals surface area contributed by atoms with E-state index in [2.05, 4.69) is 20.2 Å². The molecule has 0 spiro atoms. The third-order valence-corrected chi connectivity index (χ3v) is 5.55. The van der Waals surface area contributed by atoms with Crippen LogP contribution < -0.4 is 19.7 Å². The first-order chi connectivity index (χ1) is 14.8. The van der Waals surface area contributed by atoms with Gasteiger partial charge in [-0.3, -0.25) is 4.79 Å². The number of benzene rings is 2. The Balaban J connectivity index is 1.21. The summed E-state index contributed by atoms with van der Waals surface area (Å²) in [5.74, 6) is 2.29. The highest BCUT2D eigenvalue weighted by Crippen LogP contribution is 2.34. The number of hydrogen-bond donors (Lipinski definition) is 1. The van der Waals surface area contributed by atoms with Crippen LogP contribution in [0.4, 0.5) is 11.5 Å². The Morgan fingerprint density at radius 1 is 0.967 bits per heavy atom. The van der Waals surface area contributed by atoms with Crippen LogP contribution in [0.25, 0.3) is 11.3 Å². The van der Waals surface area contributed by atoms with Crippen LogP contribution in [0.2, 0.25) is 0 Å². The van der Waals surface area contributed by atoms with E-state index in [-0.39, 0.29) is 18.6 Å². The first-order valence-electron chi connectivity index (χ1n) is 10.1. The SMILES string of the molecule is O=C(Nc1ccc2c(c1)OCO2)C1CCN(c2cc(-c3ccccc3)ncn2)CC1. The van der Waals surface area contributed by atoms with Gasteiger partial charge in [0.2, 0.25) is 12.7 Å². The van der Waals surface area contributed by atoms with Gasteiger partial charge >= 0.3 is 0 Å². The van der Waals surface area contributed by atoms with Crippen molar-refractivity contribution in [1.82, 2.24) is 9.97 Å². The number of rotatable bonds is 4. The fraction of sp³-hybridized carbons (Fsp3) is 0.261. The molecule has 3 heterocycles. The molecule has 0 unspecified atom stereocenters. The van der Waals surface area contributed by atoms with E-state index in [1.54, 1.807) is 12.4 Å². The van der Waals surface area contributed by atoms with Crippen molar-refractivity contribution in [3.05, 3.63) is 60.9 Å². The zero-order chi connectivity index (χ0) is 20.3. The molecular formula is C23H22N4O3. The van der Waals surface area contributed by atoms with Crippen molar-refractivity contribution >= 4 is 17.4 Å². The highest BCUT2D eigenvalue weighted by molar-refractivity contribution is 5.93. The maximum Gasteiger partial charge on any atom is 0.231 e. The van der Waals surface area contributed by atoms with Gasteiger partial charge in [-0.05, 0) is 25.0 Å². The molecule has 0 bridgehead atoms. The van der Waals surface area contributed by atoms with Crippen molar-refractivity contribution in [2.75, 3.05) is 30.1 Å². The topological polar surface area (TPSA) is 76.6 Å². The number of aromatic nitrogens is 2. The van der Waals surface area contributed by atoms with E-state index in [1.165, 1.54) is 0 Å². The molecule has 152 valence electrons. The van der Waals surface area contributed by atoms with Crippen molar-refractivity contribution in [2.24, 2.45) is 5.92 Å². The molecule has 0 aliphatic carbocycles. The summed E-state index contributed by atoms with van der Waals surface area (Å²) in [6.45, 7) is 1.79. The lowest BCUT2D eigenvalue weighted by Gasteiger charge is -2.32. The van der Waals surface area contributed by atoms with E-state index in [0.29, 0.717) is 11.5 Å². The number of piperidine rings is 1. The van der Waals surface area contributed by atoms with E-state index in [1.807, 2.05) is 48.5 Å². The number of hydrogen-bond acceptors (Lipinski definition) is 6. The van der Waals surface area contributed by atoms with Crippen LogP contribution in [0, 0.1) is 5.92 Å². The van der Waals surface area contributed by atoms with Crippen LogP contribution in [-0.4, -0.2) is 35.8 Å². The van der Waals surface area contributed by atoms with E-state index in [0.717, 1.165) is 48.7 Å². The predicted molar refractivity (Wildman–Crippen MR) is 114 cm³/mol. The lowest BCUT2D eigenvalue weighted by Crippen LogP contribution is -2.38. The molecule has 7 nitrogen and oxygen atoms in total. The molecule has 1 N–H and O–H groups in total. The lowest BCUT2D eigenvalue weighted by atomic mass is 9.95. The van der Waals surface area contributed by atoms with Gasteiger partial charge in [0.15, 0.2) is 11.5 Å². The van der Waals surface area contributed by atoms with Crippen molar-refractivity contribution in [1.29, 1.82) is 0 Å². The van der Waals surface area contributed by atoms with Crippen molar-refractivity contribution < 1.29 is 14.3 Å². The Bertz CT molecular complexity index is 1050. The molecule has 3 aromatic rings. The molecule has 1 aromatic heterocycles. The number of carbonyl (C=O) groups excluding carboxylic acids is 1. The average Bonchev–Trinajstić information content (AvgIpc) is 3.28. The van der Waals surface area contributed by atoms with Gasteiger partial charge in [-0.1, -0.05) is 30.3 Å². The molecule has 7 heteroatoms. The number of anilines is 2. The number of fused-ring (bicyclic) bond motifs is 1. The summed E-state index contributed by atoms with van der Waals surface area (Å²) in [6, 6.07) is 17.6. The molecule has 2 aromatic carbocycles. The van der Waals surface area contributed by atoms with Gasteiger partial charge < -0.3 is 19.7 Å². The van der Waals surface area contributed by atoms with E-state index < -0.39 is 0 Å². The van der Waals surface area contributed by atoms with Crippen LogP contribution in [-0.2, 0) is 4.79 Å². The molecule has 1 amide bonds. The van der Waals surface area contributed by atoms with Gasteiger partial charge in [0, 0.05) is 42.4 Å². The molecule has 0 atom stereocenters. The molecule has 0 saturated carbocycles. The number of carbonyl (C=O) groups is 1. The highest BCUT2D eigenvalue weighted by atomic mass is 16.7. The predicted octanol–water partition coefficient (Wildman–Crippen LogP) is 3.73. The number of nitrogens with one attached hydrogen (secondary N) is 1. The first-order valence-corrected chi connectivity index (χ1v) is 10.1. The van der Waals surface area contributed by atoms with Crippen LogP contribution in [0.1, 0.15) is 12.8 Å². The van der Waals surface area contributed by atoms with Crippen molar-refractivity contribution in [3.8, 4) is 22.8 Å². The maximum absolute atomic E-state index is 12.7. The summed E-state index contributed by atoms with van der Waals surface area (Å²) in [5, 5.41) is 3.01. The fourth-order valence-corrected chi connectivity index (χ4v) is 3.88. The van der Waals surface area contributed by atoms with Crippen molar-refractivity contribution in [3.63, 3.8) is 0 Å². The number of amides is 1. The van der Waals surface area contributed by atoms with Gasteiger partial charge in [-0.2, -0.15) is 0 Å². The van der Waals surface area contributed by atoms with Gasteiger partial charge in [-0.25, -0.2) is 9.97 Å². The Morgan fingerprint density at radius 2 is 1.77 bits per heavy atom. The van der Waals surface area contributed by atoms with E-state index in [4.69, 9.17) is 9.47 Å². The van der Waals surface area contributed by atoms with Crippen LogP contribution in [0.3, 0.4) is 0 Å². The zero-order valence-corrected chi connectivity index (χ0v) is 16.5. The van der Waals surface area contributed by atoms with Crippen molar-refractivity contribution in [2.45, 2.75) is 12.8 Å². The Morgan fingerprint density at radius 3 is 2.60 bits per heavy atom. The number of ether oxygens (including phenoxy) is 2. The molecular weight excluding hydrogens is 380 g/mol. The third-order valence-electron chi connectivity index (χ3n) is 5.55. The quantitative estimate of drug-likeness (QED) is 0.717. The smallest absolute Gasteiger partial charge is 0.231 e. The lowest BCUT2D eigenvalue weighted by molar-refractivity contribution is -0.120. The summed E-state index contributed by atoms with van der Waals surface area (Å²) < 4.78 is 10.7. The Hall–Kier alpha value is -3.61. The summed E-state index contributed by atoms with van der Waals surface area (Å²) in [6.07, 6.45) is 3.16. The molecule has 1 saturated heterocycles. The minimum absolute atomic E-state index is 0.0258. The van der Waals surface area contributed by atoms with Gasteiger partial charge in [-0.15, -0.1) is 0 Å². The minimum atomic E-state index is -0.0258. The second-order valence-electron chi connectivity index (χ2n) is 7.45. The summed E-state index contributed by atoms with van der Waals surface area (Å²) in [5.41, 5.74) is 2.71. The first kappa shape index (κ1) is 18.4. The molecule has 2 aliphatic heterocycles. The second kappa shape index (κ2) is 8.02. The van der Waals surface area contributed by atoms with E-state index >= 15 is 0 Å². The maximum atomic E-state index is 12.7. The Kier molecular flexibility index (Phi) is 4.93. The highest BCUT2D eigenvalue weighted by Gasteiger charge is 2.26. The van der Waals surface area contributed by atoms with Crippen LogP contribution >= 0.6 is 0 Å². The largest absolute Gasteiger partial charge is 0.454 e. The monoisotopic (exact) mass is 402 g/mol. The van der Waals surface area contributed by atoms with Gasteiger partial charge in [0.25, 0.3) is 0 Å². The average molecular weight is 402 g/mol. The molecule has 5 rings (SSSR count). The standard InChI is InChI=1S/C23H22N4O3/c28-23(26-18-6-7-20-21(12-18)30-15-29-20)17-8-10-27(11-9-17)22-13-19(24-14-25-22)16-4-2-1-3-5-16/h1-7,12-14,17H,8-11,15H2,(H,26,28). The summed E-state index contributed by atoms with van der Waals surface area (Å²) in [7, 11) is 0. The molecule has 30 heavy (non-hydrogen) atoms. The van der Waals surface area contributed by atoms with Crippen LogP contribution in [0.5, 0.6) is 11.5 Å². The summed E-state index contributed by atoms with van der Waals surface area (Å²) >= 11 is 0. The number of nitrogens with zero attached hydrogens (tertiary/aromatic N) is 3. The van der Waals surface area contributed by atoms with Gasteiger partial charge in [0.1, 0.15) is 12.1 Å². The van der Waals surface area contributed by atoms with E-state index in [9.17, 15) is 4.79 Å². The normalized spacial score (nSPS) is 15.8. The van der Waals surface area contributed by atoms with Gasteiger partial charge in [0.05, 0.1) is 5.69 Å². The van der Waals surface area contributed by atoms with Crippen LogP contribution in [0.15, 0.2) is 60.9 Å². The fourth-order valence-electron chi connectivity index (χ4n) is 3.88. The molecule has 0 radical (unpaired) electrons. The zero-order valence-electron chi connectivity index (χ0n) is 16.5. The third kappa shape index (κ3) is 3.78. The molecule has 1 fully saturated rings. The molecule has 2 aliphatic rings. The Labute approximate surface area is 174 Å². The minimum Gasteiger partial charge on any atom is -0.454 e. The summed E-state index contributed by atoms with van der Waals surface area (Å²) in [4.78, 5) is 23.8. The second-order valence-corrected chi connectivity index (χ2v) is 7.45.